The van der Waals surface area contributed by atoms with E-state index in [1.165, 1.54) is 17.7 Å². The summed E-state index contributed by atoms with van der Waals surface area (Å²) in [5.74, 6) is 0.690. The first-order valence-electron chi connectivity index (χ1n) is 8.91. The van der Waals surface area contributed by atoms with Crippen LogP contribution in [0.15, 0.2) is 36.5 Å². The van der Waals surface area contributed by atoms with Gasteiger partial charge in [0, 0.05) is 36.6 Å². The second kappa shape index (κ2) is 6.77. The summed E-state index contributed by atoms with van der Waals surface area (Å²) in [5, 5.41) is 7.15. The Morgan fingerprint density at radius 1 is 1.21 bits per heavy atom. The SMILES string of the molecule is O=C(CN1CCC[C@@H](c2ccn[nH]2)C1)N1CCCc2ccccc21. The Hall–Kier alpha value is -2.14. The smallest absolute Gasteiger partial charge is 0.241 e. The van der Waals surface area contributed by atoms with Crippen molar-refractivity contribution >= 4 is 11.6 Å². The third-order valence-electron chi connectivity index (χ3n) is 5.24. The molecule has 1 saturated heterocycles. The van der Waals surface area contributed by atoms with Gasteiger partial charge in [0.1, 0.15) is 0 Å². The number of aromatic nitrogens is 2. The molecule has 2 aliphatic heterocycles. The molecule has 0 aliphatic carbocycles. The van der Waals surface area contributed by atoms with Crippen LogP contribution < -0.4 is 4.90 Å². The Kier molecular flexibility index (Phi) is 4.34. The van der Waals surface area contributed by atoms with Gasteiger partial charge in [-0.05, 0) is 49.9 Å². The number of rotatable bonds is 3. The number of amides is 1. The van der Waals surface area contributed by atoms with E-state index in [9.17, 15) is 4.79 Å². The molecule has 1 atom stereocenters. The number of nitrogens with one attached hydrogen (secondary N) is 1. The van der Waals surface area contributed by atoms with Gasteiger partial charge in [0.15, 0.2) is 0 Å². The van der Waals surface area contributed by atoms with Gasteiger partial charge in [0.2, 0.25) is 5.91 Å². The molecule has 1 aromatic heterocycles. The van der Waals surface area contributed by atoms with Crippen LogP contribution >= 0.6 is 0 Å². The quantitative estimate of drug-likeness (QED) is 0.944. The second-order valence-electron chi connectivity index (χ2n) is 6.86. The minimum atomic E-state index is 0.229. The average Bonchev–Trinajstić information content (AvgIpc) is 3.16. The Balaban J connectivity index is 1.43. The third kappa shape index (κ3) is 3.08. The lowest BCUT2D eigenvalue weighted by molar-refractivity contribution is -0.120. The van der Waals surface area contributed by atoms with Gasteiger partial charge in [-0.3, -0.25) is 14.8 Å². The van der Waals surface area contributed by atoms with Crippen LogP contribution in [-0.2, 0) is 11.2 Å². The number of aryl methyl sites for hydroxylation is 1. The van der Waals surface area contributed by atoms with E-state index in [4.69, 9.17) is 0 Å². The summed E-state index contributed by atoms with van der Waals surface area (Å²) in [7, 11) is 0. The van der Waals surface area contributed by atoms with Crippen LogP contribution in [0.25, 0.3) is 0 Å². The zero-order valence-corrected chi connectivity index (χ0v) is 13.9. The molecule has 1 amide bonds. The minimum Gasteiger partial charge on any atom is -0.311 e. The second-order valence-corrected chi connectivity index (χ2v) is 6.86. The van der Waals surface area contributed by atoms with Gasteiger partial charge in [0.25, 0.3) is 0 Å². The number of aromatic amines is 1. The first kappa shape index (κ1) is 15.4. The third-order valence-corrected chi connectivity index (χ3v) is 5.24. The lowest BCUT2D eigenvalue weighted by atomic mass is 9.95. The van der Waals surface area contributed by atoms with Crippen LogP contribution in [0.5, 0.6) is 0 Å². The summed E-state index contributed by atoms with van der Waals surface area (Å²) < 4.78 is 0. The Labute approximate surface area is 142 Å². The van der Waals surface area contributed by atoms with Crippen molar-refractivity contribution in [2.24, 2.45) is 0 Å². The van der Waals surface area contributed by atoms with Crippen LogP contribution in [-0.4, -0.2) is 47.2 Å². The zero-order chi connectivity index (χ0) is 16.4. The van der Waals surface area contributed by atoms with Crippen molar-refractivity contribution in [3.63, 3.8) is 0 Å². The van der Waals surface area contributed by atoms with E-state index in [1.54, 1.807) is 0 Å². The summed E-state index contributed by atoms with van der Waals surface area (Å²) in [6.07, 6.45) is 6.24. The van der Waals surface area contributed by atoms with Crippen LogP contribution in [0.3, 0.4) is 0 Å². The molecule has 4 rings (SSSR count). The van der Waals surface area contributed by atoms with E-state index in [0.29, 0.717) is 12.5 Å². The Morgan fingerprint density at radius 2 is 2.12 bits per heavy atom. The summed E-state index contributed by atoms with van der Waals surface area (Å²) in [6.45, 7) is 3.29. The maximum atomic E-state index is 12.9. The van der Waals surface area contributed by atoms with Crippen molar-refractivity contribution in [2.75, 3.05) is 31.1 Å². The van der Waals surface area contributed by atoms with Crippen molar-refractivity contribution < 1.29 is 4.79 Å². The first-order chi connectivity index (χ1) is 11.8. The van der Waals surface area contributed by atoms with Crippen LogP contribution in [0.2, 0.25) is 0 Å². The van der Waals surface area contributed by atoms with E-state index in [0.717, 1.165) is 44.6 Å². The van der Waals surface area contributed by atoms with Crippen molar-refractivity contribution in [1.29, 1.82) is 0 Å². The topological polar surface area (TPSA) is 52.2 Å². The summed E-state index contributed by atoms with van der Waals surface area (Å²) in [4.78, 5) is 17.2. The molecule has 126 valence electrons. The number of H-pyrrole nitrogens is 1. The predicted molar refractivity (Wildman–Crippen MR) is 94.1 cm³/mol. The van der Waals surface area contributed by atoms with Crippen molar-refractivity contribution in [2.45, 2.75) is 31.6 Å². The van der Waals surface area contributed by atoms with Crippen LogP contribution in [0.4, 0.5) is 5.69 Å². The number of hydrogen-bond acceptors (Lipinski definition) is 3. The maximum Gasteiger partial charge on any atom is 0.241 e. The number of nitrogens with zero attached hydrogens (tertiary/aromatic N) is 3. The fourth-order valence-electron chi connectivity index (χ4n) is 4.02. The summed E-state index contributed by atoms with van der Waals surface area (Å²) in [6, 6.07) is 10.4. The van der Waals surface area contributed by atoms with E-state index < -0.39 is 0 Å². The molecule has 1 N–H and O–H groups in total. The molecule has 0 bridgehead atoms. The molecule has 0 saturated carbocycles. The van der Waals surface area contributed by atoms with Gasteiger partial charge in [-0.15, -0.1) is 0 Å². The molecular formula is C19H24N4O. The van der Waals surface area contributed by atoms with E-state index in [-0.39, 0.29) is 5.91 Å². The molecule has 0 radical (unpaired) electrons. The number of carbonyl (C=O) groups is 1. The van der Waals surface area contributed by atoms with Gasteiger partial charge in [-0.2, -0.15) is 5.10 Å². The number of piperidine rings is 1. The number of para-hydroxylation sites is 1. The maximum absolute atomic E-state index is 12.9. The lowest BCUT2D eigenvalue weighted by Crippen LogP contribution is -2.45. The molecule has 2 aromatic rings. The Morgan fingerprint density at radius 3 is 3.00 bits per heavy atom. The average molecular weight is 324 g/mol. The summed E-state index contributed by atoms with van der Waals surface area (Å²) in [5.41, 5.74) is 3.59. The Bertz CT molecular complexity index is 697. The molecule has 1 aromatic carbocycles. The van der Waals surface area contributed by atoms with Crippen LogP contribution in [0, 0.1) is 0 Å². The van der Waals surface area contributed by atoms with Gasteiger partial charge < -0.3 is 4.90 Å². The number of fused-ring (bicyclic) bond motifs is 1. The molecule has 5 nitrogen and oxygen atoms in total. The molecule has 1 fully saturated rings. The number of hydrogen-bond donors (Lipinski definition) is 1. The van der Waals surface area contributed by atoms with E-state index in [1.807, 2.05) is 17.2 Å². The molecule has 24 heavy (non-hydrogen) atoms. The summed E-state index contributed by atoms with van der Waals surface area (Å²) >= 11 is 0. The predicted octanol–water partition coefficient (Wildman–Crippen LogP) is 2.57. The number of benzene rings is 1. The fraction of sp³-hybridized carbons (Fsp3) is 0.474. The normalized spacial score (nSPS) is 21.5. The highest BCUT2D eigenvalue weighted by Gasteiger charge is 2.27. The van der Waals surface area contributed by atoms with E-state index in [2.05, 4.69) is 39.4 Å². The number of likely N-dealkylation sites (tertiary alicyclic amines) is 1. The lowest BCUT2D eigenvalue weighted by Gasteiger charge is -2.35. The monoisotopic (exact) mass is 324 g/mol. The van der Waals surface area contributed by atoms with Gasteiger partial charge in [0.05, 0.1) is 6.54 Å². The van der Waals surface area contributed by atoms with Crippen molar-refractivity contribution in [1.82, 2.24) is 15.1 Å². The zero-order valence-electron chi connectivity index (χ0n) is 13.9. The van der Waals surface area contributed by atoms with Gasteiger partial charge in [-0.25, -0.2) is 0 Å². The van der Waals surface area contributed by atoms with Gasteiger partial charge in [-0.1, -0.05) is 18.2 Å². The molecule has 5 heteroatoms. The molecule has 2 aliphatic rings. The standard InChI is InChI=1S/C19H24N4O/c24-19(23-12-4-6-15-5-1-2-8-18(15)23)14-22-11-3-7-16(13-22)17-9-10-20-21-17/h1-2,5,8-10,16H,3-4,6-7,11-14H2,(H,20,21)/t16-/m1/s1. The number of anilines is 1. The van der Waals surface area contributed by atoms with Gasteiger partial charge >= 0.3 is 0 Å². The van der Waals surface area contributed by atoms with Crippen LogP contribution in [0.1, 0.15) is 36.4 Å². The van der Waals surface area contributed by atoms with Crippen molar-refractivity contribution in [3.05, 3.63) is 47.8 Å². The molecule has 0 spiro atoms. The highest BCUT2D eigenvalue weighted by atomic mass is 16.2. The highest BCUT2D eigenvalue weighted by Crippen LogP contribution is 2.28. The minimum absolute atomic E-state index is 0.229. The molecule has 3 heterocycles. The van der Waals surface area contributed by atoms with Crippen molar-refractivity contribution in [3.8, 4) is 0 Å². The first-order valence-corrected chi connectivity index (χ1v) is 8.91. The molecular weight excluding hydrogens is 300 g/mol. The fourth-order valence-corrected chi connectivity index (χ4v) is 4.02. The highest BCUT2D eigenvalue weighted by molar-refractivity contribution is 5.95. The molecule has 0 unspecified atom stereocenters. The van der Waals surface area contributed by atoms with E-state index >= 15 is 0 Å². The number of carbonyl (C=O) groups excluding carboxylic acids is 1. The largest absolute Gasteiger partial charge is 0.311 e.